The second kappa shape index (κ2) is 13.4. The van der Waals surface area contributed by atoms with E-state index in [-0.39, 0.29) is 0 Å². The smallest absolute Gasteiger partial charge is 0.227 e. The fraction of sp³-hybridized carbons (Fsp3) is 0. The Labute approximate surface area is 314 Å². The van der Waals surface area contributed by atoms with Gasteiger partial charge < -0.3 is 9.32 Å². The molecule has 0 bridgehead atoms. The highest BCUT2D eigenvalue weighted by atomic mass is 16.3. The molecule has 0 fully saturated rings. The van der Waals surface area contributed by atoms with Crippen LogP contribution in [0.4, 0.5) is 17.1 Å². The topological polar surface area (TPSA) is 29.3 Å². The summed E-state index contributed by atoms with van der Waals surface area (Å²) in [6.45, 7) is 0. The summed E-state index contributed by atoms with van der Waals surface area (Å²) in [5.41, 5.74) is 12.9. The van der Waals surface area contributed by atoms with Gasteiger partial charge in [-0.25, -0.2) is 4.98 Å². The molecule has 0 saturated heterocycles. The lowest BCUT2D eigenvalue weighted by molar-refractivity contribution is 0.623. The molecule has 0 atom stereocenters. The van der Waals surface area contributed by atoms with Gasteiger partial charge >= 0.3 is 0 Å². The van der Waals surface area contributed by atoms with Crippen LogP contribution in [-0.2, 0) is 0 Å². The van der Waals surface area contributed by atoms with E-state index in [9.17, 15) is 0 Å². The van der Waals surface area contributed by atoms with Crippen molar-refractivity contribution in [1.82, 2.24) is 4.98 Å². The van der Waals surface area contributed by atoms with Crippen molar-refractivity contribution in [3.63, 3.8) is 0 Å². The van der Waals surface area contributed by atoms with Crippen LogP contribution in [0.5, 0.6) is 0 Å². The normalized spacial score (nSPS) is 11.3. The number of hydrogen-bond donors (Lipinski definition) is 0. The highest BCUT2D eigenvalue weighted by Gasteiger charge is 2.19. The largest absolute Gasteiger partial charge is 0.435 e. The van der Waals surface area contributed by atoms with Crippen LogP contribution in [0.2, 0.25) is 0 Å². The summed E-state index contributed by atoms with van der Waals surface area (Å²) in [5.74, 6) is 0.617. The van der Waals surface area contributed by atoms with Crippen molar-refractivity contribution in [3.8, 4) is 44.8 Å². The first-order valence-electron chi connectivity index (χ1n) is 18.3. The molecule has 3 heteroatoms. The Morgan fingerprint density at radius 3 is 1.63 bits per heavy atom. The molecule has 0 aliphatic heterocycles. The fourth-order valence-electron chi connectivity index (χ4n) is 7.65. The number of fused-ring (bicyclic) bond motifs is 5. The minimum atomic E-state index is 0.617. The van der Waals surface area contributed by atoms with E-state index in [0.29, 0.717) is 5.89 Å². The van der Waals surface area contributed by atoms with Gasteiger partial charge in [0, 0.05) is 28.0 Å². The molecule has 10 aromatic rings. The minimum absolute atomic E-state index is 0.617. The summed E-state index contributed by atoms with van der Waals surface area (Å²) < 4.78 is 6.70. The van der Waals surface area contributed by atoms with Gasteiger partial charge in [-0.1, -0.05) is 140 Å². The molecule has 3 nitrogen and oxygen atoms in total. The van der Waals surface area contributed by atoms with E-state index >= 15 is 0 Å². The van der Waals surface area contributed by atoms with Crippen LogP contribution in [0, 0.1) is 0 Å². The number of aromatic nitrogens is 1. The Balaban J connectivity index is 1.21. The molecule has 10 rings (SSSR count). The predicted octanol–water partition coefficient (Wildman–Crippen LogP) is 14.3. The highest BCUT2D eigenvalue weighted by Crippen LogP contribution is 2.44. The molecule has 0 amide bonds. The van der Waals surface area contributed by atoms with Crippen molar-refractivity contribution in [3.05, 3.63) is 206 Å². The lowest BCUT2D eigenvalue weighted by Gasteiger charge is -2.26. The molecule has 0 unspecified atom stereocenters. The fourth-order valence-corrected chi connectivity index (χ4v) is 7.65. The zero-order chi connectivity index (χ0) is 35.8. The van der Waals surface area contributed by atoms with Crippen molar-refractivity contribution in [2.75, 3.05) is 4.90 Å². The molecule has 0 saturated carbocycles. The maximum atomic E-state index is 6.70. The number of oxazole rings is 1. The molecule has 0 spiro atoms. The van der Waals surface area contributed by atoms with Gasteiger partial charge in [-0.3, -0.25) is 0 Å². The maximum Gasteiger partial charge on any atom is 0.227 e. The lowest BCUT2D eigenvalue weighted by Crippen LogP contribution is -2.09. The van der Waals surface area contributed by atoms with Crippen molar-refractivity contribution in [2.24, 2.45) is 0 Å². The van der Waals surface area contributed by atoms with Gasteiger partial charge in [0.05, 0.1) is 0 Å². The van der Waals surface area contributed by atoms with Crippen molar-refractivity contribution in [2.45, 2.75) is 0 Å². The molecule has 0 N–H and O–H groups in total. The number of rotatable bonds is 7. The molecule has 9 aromatic carbocycles. The minimum Gasteiger partial charge on any atom is -0.435 e. The zero-order valence-corrected chi connectivity index (χ0v) is 29.4. The molecule has 0 radical (unpaired) electrons. The second-order valence-electron chi connectivity index (χ2n) is 13.6. The SMILES string of the molecule is c1ccc(-c2ccc(N(c3ccccc3)c3ccc4c(-c5cccc(-c6ccccc6)c5)cc5ccc6nc(-c7ccccc7)oc6c5c4c3)cc2)cc1. The summed E-state index contributed by atoms with van der Waals surface area (Å²) in [4.78, 5) is 7.31. The molecular weight excluding hydrogens is 657 g/mol. The monoisotopic (exact) mass is 690 g/mol. The van der Waals surface area contributed by atoms with E-state index in [1.807, 2.05) is 30.3 Å². The average molecular weight is 691 g/mol. The van der Waals surface area contributed by atoms with Crippen LogP contribution in [0.25, 0.3) is 77.5 Å². The van der Waals surface area contributed by atoms with Crippen molar-refractivity contribution >= 4 is 49.7 Å². The molecule has 254 valence electrons. The zero-order valence-electron chi connectivity index (χ0n) is 29.4. The third kappa shape index (κ3) is 5.69. The molecule has 1 aromatic heterocycles. The lowest BCUT2D eigenvalue weighted by atomic mass is 9.91. The van der Waals surface area contributed by atoms with Gasteiger partial charge in [0.1, 0.15) is 5.52 Å². The number of para-hydroxylation sites is 1. The highest BCUT2D eigenvalue weighted by molar-refractivity contribution is 6.22. The average Bonchev–Trinajstić information content (AvgIpc) is 3.70. The van der Waals surface area contributed by atoms with Gasteiger partial charge in [-0.05, 0) is 116 Å². The number of benzene rings is 9. The third-order valence-electron chi connectivity index (χ3n) is 10.3. The van der Waals surface area contributed by atoms with Crippen molar-refractivity contribution < 1.29 is 4.42 Å². The Morgan fingerprint density at radius 1 is 0.370 bits per heavy atom. The molecule has 0 aliphatic carbocycles. The Hall–Kier alpha value is -7.23. The van der Waals surface area contributed by atoms with Gasteiger partial charge in [-0.15, -0.1) is 0 Å². The molecular formula is C51H34N2O. The van der Waals surface area contributed by atoms with E-state index in [0.717, 1.165) is 60.8 Å². The van der Waals surface area contributed by atoms with Gasteiger partial charge in [-0.2, -0.15) is 0 Å². The number of nitrogens with zero attached hydrogens (tertiary/aromatic N) is 2. The van der Waals surface area contributed by atoms with Crippen LogP contribution in [0.1, 0.15) is 0 Å². The van der Waals surface area contributed by atoms with E-state index in [2.05, 4.69) is 181 Å². The second-order valence-corrected chi connectivity index (χ2v) is 13.6. The Bertz CT molecular complexity index is 2900. The Kier molecular flexibility index (Phi) is 7.81. The predicted molar refractivity (Wildman–Crippen MR) is 225 cm³/mol. The van der Waals surface area contributed by atoms with Crippen LogP contribution in [0.15, 0.2) is 211 Å². The first kappa shape index (κ1) is 31.5. The molecule has 54 heavy (non-hydrogen) atoms. The van der Waals surface area contributed by atoms with E-state index in [1.54, 1.807) is 0 Å². The summed E-state index contributed by atoms with van der Waals surface area (Å²) in [7, 11) is 0. The van der Waals surface area contributed by atoms with Crippen LogP contribution in [0.3, 0.4) is 0 Å². The van der Waals surface area contributed by atoms with E-state index in [1.165, 1.54) is 27.8 Å². The van der Waals surface area contributed by atoms with Crippen LogP contribution >= 0.6 is 0 Å². The van der Waals surface area contributed by atoms with Crippen LogP contribution in [-0.4, -0.2) is 4.98 Å². The maximum absolute atomic E-state index is 6.70. The molecule has 1 heterocycles. The van der Waals surface area contributed by atoms with E-state index < -0.39 is 0 Å². The van der Waals surface area contributed by atoms with Crippen molar-refractivity contribution in [1.29, 1.82) is 0 Å². The van der Waals surface area contributed by atoms with Gasteiger partial charge in [0.15, 0.2) is 5.58 Å². The first-order valence-corrected chi connectivity index (χ1v) is 18.3. The third-order valence-corrected chi connectivity index (χ3v) is 10.3. The Morgan fingerprint density at radius 2 is 0.926 bits per heavy atom. The number of anilines is 3. The summed E-state index contributed by atoms with van der Waals surface area (Å²) in [6, 6.07) is 72.9. The van der Waals surface area contributed by atoms with Gasteiger partial charge in [0.2, 0.25) is 5.89 Å². The summed E-state index contributed by atoms with van der Waals surface area (Å²) in [6.07, 6.45) is 0. The first-order chi connectivity index (χ1) is 26.8. The quantitative estimate of drug-likeness (QED) is 0.156. The standard InChI is InChI=1S/C51H34N2O/c1-5-14-35(15-6-1)37-24-27-43(28-25-37)53(42-22-11-4-12-23-42)44-29-30-45-46(40-21-13-20-39(32-40)36-16-7-2-8-17-36)33-41-26-31-48-50(49(41)47(45)34-44)54-51(52-48)38-18-9-3-10-19-38/h1-34H. The summed E-state index contributed by atoms with van der Waals surface area (Å²) in [5, 5.41) is 4.40. The van der Waals surface area contributed by atoms with Gasteiger partial charge in [0.25, 0.3) is 0 Å². The van der Waals surface area contributed by atoms with Crippen LogP contribution < -0.4 is 4.90 Å². The number of hydrogen-bond acceptors (Lipinski definition) is 3. The molecule has 0 aliphatic rings. The summed E-state index contributed by atoms with van der Waals surface area (Å²) >= 11 is 0. The van der Waals surface area contributed by atoms with E-state index in [4.69, 9.17) is 9.40 Å².